The standard InChI is InChI=1S/C20H25N/c1-3-15-7-9-18(10-8-15)20(21-2)19-13-11-17(12-14-19)16-5-4-6-16/h7-14,16,20-21H,3-6H2,1-2H3. The van der Waals surface area contributed by atoms with Crippen LogP contribution in [0.4, 0.5) is 0 Å². The average molecular weight is 279 g/mol. The average Bonchev–Trinajstić information content (AvgIpc) is 2.49. The van der Waals surface area contributed by atoms with Gasteiger partial charge in [0.2, 0.25) is 0 Å². The third kappa shape index (κ3) is 3.03. The van der Waals surface area contributed by atoms with Crippen molar-refractivity contribution in [1.82, 2.24) is 5.32 Å². The molecule has 3 rings (SSSR count). The zero-order chi connectivity index (χ0) is 14.7. The van der Waals surface area contributed by atoms with E-state index in [4.69, 9.17) is 0 Å². The number of rotatable bonds is 5. The first-order chi connectivity index (χ1) is 10.3. The monoisotopic (exact) mass is 279 g/mol. The number of hydrogen-bond donors (Lipinski definition) is 1. The molecule has 0 spiro atoms. The maximum absolute atomic E-state index is 3.45. The lowest BCUT2D eigenvalue weighted by atomic mass is 9.79. The summed E-state index contributed by atoms with van der Waals surface area (Å²) in [7, 11) is 2.04. The fraction of sp³-hybridized carbons (Fsp3) is 0.400. The van der Waals surface area contributed by atoms with Crippen molar-refractivity contribution in [1.29, 1.82) is 0 Å². The van der Waals surface area contributed by atoms with Gasteiger partial charge in [-0.15, -0.1) is 0 Å². The maximum atomic E-state index is 3.45. The van der Waals surface area contributed by atoms with E-state index in [9.17, 15) is 0 Å². The van der Waals surface area contributed by atoms with Gasteiger partial charge in [0.05, 0.1) is 6.04 Å². The smallest absolute Gasteiger partial charge is 0.0574 e. The van der Waals surface area contributed by atoms with Crippen molar-refractivity contribution < 1.29 is 0 Å². The first kappa shape index (κ1) is 14.3. The van der Waals surface area contributed by atoms with E-state index >= 15 is 0 Å². The second kappa shape index (κ2) is 6.44. The molecule has 1 saturated carbocycles. The summed E-state index contributed by atoms with van der Waals surface area (Å²) in [5.41, 5.74) is 5.60. The van der Waals surface area contributed by atoms with Crippen molar-refractivity contribution in [2.24, 2.45) is 0 Å². The van der Waals surface area contributed by atoms with Gasteiger partial charge in [0, 0.05) is 0 Å². The molecule has 0 aliphatic heterocycles. The molecule has 0 bridgehead atoms. The Morgan fingerprint density at radius 2 is 1.52 bits per heavy atom. The Labute approximate surface area is 128 Å². The summed E-state index contributed by atoms with van der Waals surface area (Å²) in [6.07, 6.45) is 5.23. The first-order valence-electron chi connectivity index (χ1n) is 8.17. The van der Waals surface area contributed by atoms with Crippen molar-refractivity contribution in [2.45, 2.75) is 44.6 Å². The molecule has 1 aliphatic rings. The molecule has 2 aromatic rings. The number of benzene rings is 2. The second-order valence-electron chi connectivity index (χ2n) is 6.11. The third-order valence-corrected chi connectivity index (χ3v) is 4.86. The predicted octanol–water partition coefficient (Wildman–Crippen LogP) is 4.83. The van der Waals surface area contributed by atoms with E-state index in [1.165, 1.54) is 41.5 Å². The summed E-state index contributed by atoms with van der Waals surface area (Å²) < 4.78 is 0. The van der Waals surface area contributed by atoms with Gasteiger partial charge < -0.3 is 5.32 Å². The zero-order valence-corrected chi connectivity index (χ0v) is 13.1. The van der Waals surface area contributed by atoms with Gasteiger partial charge in [-0.05, 0) is 54.5 Å². The number of aryl methyl sites for hydroxylation is 1. The highest BCUT2D eigenvalue weighted by Crippen LogP contribution is 2.36. The molecule has 21 heavy (non-hydrogen) atoms. The summed E-state index contributed by atoms with van der Waals surface area (Å²) in [6.45, 7) is 2.20. The molecule has 0 aromatic heterocycles. The first-order valence-corrected chi connectivity index (χ1v) is 8.17. The van der Waals surface area contributed by atoms with E-state index in [1.54, 1.807) is 0 Å². The summed E-state index contributed by atoms with van der Waals surface area (Å²) in [4.78, 5) is 0. The lowest BCUT2D eigenvalue weighted by molar-refractivity contribution is 0.419. The van der Waals surface area contributed by atoms with Crippen LogP contribution in [0.25, 0.3) is 0 Å². The second-order valence-corrected chi connectivity index (χ2v) is 6.11. The zero-order valence-electron chi connectivity index (χ0n) is 13.1. The Kier molecular flexibility index (Phi) is 4.40. The van der Waals surface area contributed by atoms with Crippen molar-refractivity contribution in [3.63, 3.8) is 0 Å². The van der Waals surface area contributed by atoms with Crippen LogP contribution >= 0.6 is 0 Å². The molecule has 0 radical (unpaired) electrons. The molecular formula is C20H25N. The molecule has 1 fully saturated rings. The molecule has 1 unspecified atom stereocenters. The van der Waals surface area contributed by atoms with Crippen LogP contribution in [-0.4, -0.2) is 7.05 Å². The van der Waals surface area contributed by atoms with E-state index < -0.39 is 0 Å². The van der Waals surface area contributed by atoms with Gasteiger partial charge in [-0.1, -0.05) is 61.9 Å². The molecule has 0 heterocycles. The molecule has 1 heteroatoms. The van der Waals surface area contributed by atoms with Crippen LogP contribution in [0.2, 0.25) is 0 Å². The minimum atomic E-state index is 0.284. The Morgan fingerprint density at radius 3 is 1.95 bits per heavy atom. The summed E-state index contributed by atoms with van der Waals surface area (Å²) in [5.74, 6) is 0.816. The molecule has 1 atom stereocenters. The SMILES string of the molecule is CCc1ccc(C(NC)c2ccc(C3CCC3)cc2)cc1. The van der Waals surface area contributed by atoms with Crippen molar-refractivity contribution in [2.75, 3.05) is 7.05 Å². The summed E-state index contributed by atoms with van der Waals surface area (Å²) >= 11 is 0. The Morgan fingerprint density at radius 1 is 0.952 bits per heavy atom. The number of hydrogen-bond acceptors (Lipinski definition) is 1. The van der Waals surface area contributed by atoms with Crippen molar-refractivity contribution in [3.8, 4) is 0 Å². The lowest BCUT2D eigenvalue weighted by Gasteiger charge is -2.26. The molecule has 0 saturated heterocycles. The molecule has 1 aliphatic carbocycles. The van der Waals surface area contributed by atoms with Crippen molar-refractivity contribution in [3.05, 3.63) is 70.8 Å². The van der Waals surface area contributed by atoms with Crippen LogP contribution < -0.4 is 5.32 Å². The quantitative estimate of drug-likeness (QED) is 0.827. The van der Waals surface area contributed by atoms with Crippen LogP contribution in [0.5, 0.6) is 0 Å². The third-order valence-electron chi connectivity index (χ3n) is 4.86. The van der Waals surface area contributed by atoms with Gasteiger partial charge in [-0.2, -0.15) is 0 Å². The van der Waals surface area contributed by atoms with Crippen molar-refractivity contribution >= 4 is 0 Å². The Bertz CT molecular complexity index is 564. The van der Waals surface area contributed by atoms with E-state index in [0.29, 0.717) is 0 Å². The summed E-state index contributed by atoms with van der Waals surface area (Å²) in [5, 5.41) is 3.45. The molecule has 2 aromatic carbocycles. The van der Waals surface area contributed by atoms with Crippen LogP contribution in [0, 0.1) is 0 Å². The molecular weight excluding hydrogens is 254 g/mol. The lowest BCUT2D eigenvalue weighted by Crippen LogP contribution is -2.18. The topological polar surface area (TPSA) is 12.0 Å². The van der Waals surface area contributed by atoms with Gasteiger partial charge in [0.25, 0.3) is 0 Å². The minimum Gasteiger partial charge on any atom is -0.309 e. The van der Waals surface area contributed by atoms with Crippen LogP contribution in [0.15, 0.2) is 48.5 Å². The highest BCUT2D eigenvalue weighted by molar-refractivity contribution is 5.36. The normalized spacial score (nSPS) is 16.5. The van der Waals surface area contributed by atoms with E-state index in [0.717, 1.165) is 12.3 Å². The van der Waals surface area contributed by atoms with Crippen LogP contribution in [0.1, 0.15) is 60.4 Å². The Hall–Kier alpha value is -1.60. The fourth-order valence-electron chi connectivity index (χ4n) is 3.17. The molecule has 110 valence electrons. The van der Waals surface area contributed by atoms with E-state index in [2.05, 4.69) is 60.8 Å². The summed E-state index contributed by atoms with van der Waals surface area (Å²) in [6, 6.07) is 18.5. The molecule has 0 amide bonds. The van der Waals surface area contributed by atoms with Gasteiger partial charge >= 0.3 is 0 Å². The maximum Gasteiger partial charge on any atom is 0.0574 e. The van der Waals surface area contributed by atoms with Crippen LogP contribution in [0.3, 0.4) is 0 Å². The predicted molar refractivity (Wildman–Crippen MR) is 89.8 cm³/mol. The number of nitrogens with one attached hydrogen (secondary N) is 1. The molecule has 1 N–H and O–H groups in total. The van der Waals surface area contributed by atoms with Gasteiger partial charge in [-0.25, -0.2) is 0 Å². The van der Waals surface area contributed by atoms with Crippen LogP contribution in [-0.2, 0) is 6.42 Å². The Balaban J connectivity index is 1.81. The molecule has 1 nitrogen and oxygen atoms in total. The fourth-order valence-corrected chi connectivity index (χ4v) is 3.17. The highest BCUT2D eigenvalue weighted by atomic mass is 14.9. The van der Waals surface area contributed by atoms with E-state index in [-0.39, 0.29) is 6.04 Å². The highest BCUT2D eigenvalue weighted by Gasteiger charge is 2.19. The minimum absolute atomic E-state index is 0.284. The van der Waals surface area contributed by atoms with E-state index in [1.807, 2.05) is 7.05 Å². The van der Waals surface area contributed by atoms with Gasteiger partial charge in [-0.3, -0.25) is 0 Å². The van der Waals surface area contributed by atoms with Gasteiger partial charge in [0.1, 0.15) is 0 Å². The largest absolute Gasteiger partial charge is 0.309 e. The van der Waals surface area contributed by atoms with Gasteiger partial charge in [0.15, 0.2) is 0 Å².